The number of hydrogen-bond donors (Lipinski definition) is 0. The van der Waals surface area contributed by atoms with Crippen molar-refractivity contribution in [3.8, 4) is 0 Å². The second-order valence-corrected chi connectivity index (χ2v) is 5.57. The Morgan fingerprint density at radius 2 is 1.86 bits per heavy atom. The molecule has 78 valence electrons. The van der Waals surface area contributed by atoms with Gasteiger partial charge in [-0.1, -0.05) is 33.8 Å². The maximum atomic E-state index is 4.14. The average Bonchev–Trinajstić information content (AvgIpc) is 2.47. The van der Waals surface area contributed by atoms with Gasteiger partial charge in [0.05, 0.1) is 23.1 Å². The number of aryl methyl sites for hydroxylation is 1. The van der Waals surface area contributed by atoms with Gasteiger partial charge < -0.3 is 0 Å². The number of nitrogens with zero attached hydrogens (tertiary/aromatic N) is 2. The summed E-state index contributed by atoms with van der Waals surface area (Å²) in [5.74, 6) is 0. The number of aromatic nitrogens is 2. The van der Waals surface area contributed by atoms with Crippen LogP contribution >= 0.6 is 11.7 Å². The molecule has 0 radical (unpaired) electrons. The Labute approximate surface area is 90.4 Å². The average molecular weight is 210 g/mol. The number of fused-ring (bicyclic) bond motifs is 1. The molecule has 2 nitrogen and oxygen atoms in total. The summed E-state index contributed by atoms with van der Waals surface area (Å²) < 4.78 is 8.24. The zero-order valence-corrected chi connectivity index (χ0v) is 10.2. The Balaban J connectivity index is 0.000000171. The minimum atomic E-state index is 0.500. The van der Waals surface area contributed by atoms with Gasteiger partial charge in [-0.3, -0.25) is 0 Å². The second kappa shape index (κ2) is 4.69. The maximum Gasteiger partial charge on any atom is 0.0998 e. The predicted molar refractivity (Wildman–Crippen MR) is 62.4 cm³/mol. The van der Waals surface area contributed by atoms with Gasteiger partial charge in [0.2, 0.25) is 0 Å². The van der Waals surface area contributed by atoms with Gasteiger partial charge in [-0.05, 0) is 24.3 Å². The first-order valence-electron chi connectivity index (χ1n) is 4.95. The van der Waals surface area contributed by atoms with E-state index in [4.69, 9.17) is 0 Å². The van der Waals surface area contributed by atoms with E-state index in [2.05, 4.69) is 42.5 Å². The van der Waals surface area contributed by atoms with E-state index >= 15 is 0 Å². The third-order valence-corrected chi connectivity index (χ3v) is 1.99. The van der Waals surface area contributed by atoms with E-state index in [-0.39, 0.29) is 0 Å². The van der Waals surface area contributed by atoms with Crippen LogP contribution in [-0.2, 0) is 6.42 Å². The Morgan fingerprint density at radius 1 is 1.21 bits per heavy atom. The molecule has 1 heterocycles. The van der Waals surface area contributed by atoms with Gasteiger partial charge in [0.15, 0.2) is 0 Å². The Hall–Kier alpha value is -0.700. The van der Waals surface area contributed by atoms with Gasteiger partial charge in [-0.15, -0.1) is 0 Å². The molecule has 1 aliphatic carbocycles. The van der Waals surface area contributed by atoms with Gasteiger partial charge >= 0.3 is 0 Å². The molecule has 0 aromatic carbocycles. The van der Waals surface area contributed by atoms with E-state index in [1.165, 1.54) is 17.4 Å². The van der Waals surface area contributed by atoms with Crippen molar-refractivity contribution in [3.05, 3.63) is 17.5 Å². The second-order valence-electron chi connectivity index (χ2n) is 5.04. The number of hydrogen-bond acceptors (Lipinski definition) is 3. The van der Waals surface area contributed by atoms with Gasteiger partial charge in [0.25, 0.3) is 0 Å². The SMILES string of the molecule is C1=Cc2nsnc2CC1.CC(C)(C)C. The maximum absolute atomic E-state index is 4.14. The summed E-state index contributed by atoms with van der Waals surface area (Å²) in [6.07, 6.45) is 6.38. The highest BCUT2D eigenvalue weighted by Gasteiger charge is 2.06. The first-order chi connectivity index (χ1) is 6.47. The van der Waals surface area contributed by atoms with Crippen LogP contribution in [0.3, 0.4) is 0 Å². The van der Waals surface area contributed by atoms with Crippen LogP contribution in [0.5, 0.6) is 0 Å². The van der Waals surface area contributed by atoms with Gasteiger partial charge in [-0.2, -0.15) is 8.75 Å². The lowest BCUT2D eigenvalue weighted by Crippen LogP contribution is -1.93. The smallest absolute Gasteiger partial charge is 0.0998 e. The molecule has 0 bridgehead atoms. The van der Waals surface area contributed by atoms with Crippen molar-refractivity contribution in [2.24, 2.45) is 5.41 Å². The van der Waals surface area contributed by atoms with Crippen molar-refractivity contribution in [1.29, 1.82) is 0 Å². The summed E-state index contributed by atoms with van der Waals surface area (Å²) in [5, 5.41) is 0. The highest BCUT2D eigenvalue weighted by Crippen LogP contribution is 2.15. The fourth-order valence-corrected chi connectivity index (χ4v) is 1.51. The molecular weight excluding hydrogens is 192 g/mol. The first kappa shape index (κ1) is 11.4. The summed E-state index contributed by atoms with van der Waals surface area (Å²) in [7, 11) is 0. The van der Waals surface area contributed by atoms with Crippen LogP contribution in [0.4, 0.5) is 0 Å². The fraction of sp³-hybridized carbons (Fsp3) is 0.636. The standard InChI is InChI=1S/C6H6N2S.C5H12/c1-2-4-6-5(3-1)7-9-8-6;1-5(2,3)4/h1,3H,2,4H2;1-4H3. The quantitative estimate of drug-likeness (QED) is 0.654. The Bertz CT molecular complexity index is 301. The van der Waals surface area contributed by atoms with Crippen LogP contribution in [0.25, 0.3) is 6.08 Å². The van der Waals surface area contributed by atoms with E-state index in [1.807, 2.05) is 6.08 Å². The molecule has 1 aromatic rings. The highest BCUT2D eigenvalue weighted by atomic mass is 32.1. The van der Waals surface area contributed by atoms with Crippen LogP contribution in [0.15, 0.2) is 6.08 Å². The molecule has 0 amide bonds. The number of rotatable bonds is 0. The van der Waals surface area contributed by atoms with Gasteiger partial charge in [0.1, 0.15) is 0 Å². The van der Waals surface area contributed by atoms with E-state index in [0.717, 1.165) is 18.5 Å². The predicted octanol–water partition coefficient (Wildman–Crippen LogP) is 3.55. The largest absolute Gasteiger partial charge is 0.177 e. The molecule has 3 heteroatoms. The molecule has 0 saturated heterocycles. The third kappa shape index (κ3) is 4.51. The topological polar surface area (TPSA) is 25.8 Å². The molecule has 0 saturated carbocycles. The van der Waals surface area contributed by atoms with Crippen molar-refractivity contribution >= 4 is 17.8 Å². The van der Waals surface area contributed by atoms with Crippen LogP contribution in [-0.4, -0.2) is 8.75 Å². The van der Waals surface area contributed by atoms with Gasteiger partial charge in [0, 0.05) is 0 Å². The molecule has 1 aromatic heterocycles. The van der Waals surface area contributed by atoms with Crippen LogP contribution in [0, 0.1) is 5.41 Å². The molecule has 0 atom stereocenters. The summed E-state index contributed by atoms with van der Waals surface area (Å²) >= 11 is 1.30. The van der Waals surface area contributed by atoms with Crippen molar-refractivity contribution in [2.75, 3.05) is 0 Å². The van der Waals surface area contributed by atoms with E-state index in [9.17, 15) is 0 Å². The lowest BCUT2D eigenvalue weighted by Gasteiger charge is -2.05. The zero-order valence-electron chi connectivity index (χ0n) is 9.37. The minimum absolute atomic E-state index is 0.500. The number of allylic oxidation sites excluding steroid dienone is 1. The summed E-state index contributed by atoms with van der Waals surface area (Å²) in [6, 6.07) is 0. The van der Waals surface area contributed by atoms with Crippen molar-refractivity contribution in [3.63, 3.8) is 0 Å². The molecule has 1 aliphatic rings. The minimum Gasteiger partial charge on any atom is -0.177 e. The lowest BCUT2D eigenvalue weighted by molar-refractivity contribution is 0.469. The van der Waals surface area contributed by atoms with Crippen molar-refractivity contribution in [1.82, 2.24) is 8.75 Å². The molecule has 0 spiro atoms. The Morgan fingerprint density at radius 3 is 2.43 bits per heavy atom. The monoisotopic (exact) mass is 210 g/mol. The fourth-order valence-electron chi connectivity index (χ4n) is 0.928. The van der Waals surface area contributed by atoms with Crippen molar-refractivity contribution in [2.45, 2.75) is 40.5 Å². The van der Waals surface area contributed by atoms with Crippen LogP contribution in [0.1, 0.15) is 45.5 Å². The third-order valence-electron chi connectivity index (χ3n) is 1.41. The highest BCUT2D eigenvalue weighted by molar-refractivity contribution is 6.99. The molecule has 0 fully saturated rings. The van der Waals surface area contributed by atoms with Gasteiger partial charge in [-0.25, -0.2) is 0 Å². The van der Waals surface area contributed by atoms with Crippen molar-refractivity contribution < 1.29 is 0 Å². The van der Waals surface area contributed by atoms with E-state index in [0.29, 0.717) is 5.41 Å². The molecule has 2 rings (SSSR count). The summed E-state index contributed by atoms with van der Waals surface area (Å²) in [4.78, 5) is 0. The Kier molecular flexibility index (Phi) is 3.81. The molecule has 14 heavy (non-hydrogen) atoms. The normalized spacial score (nSPS) is 14.3. The van der Waals surface area contributed by atoms with Crippen LogP contribution in [0.2, 0.25) is 0 Å². The molecule has 0 unspecified atom stereocenters. The van der Waals surface area contributed by atoms with E-state index in [1.54, 1.807) is 0 Å². The molecule has 0 aliphatic heterocycles. The zero-order chi connectivity index (χ0) is 10.6. The lowest BCUT2D eigenvalue weighted by atomic mass is 10.0. The summed E-state index contributed by atoms with van der Waals surface area (Å²) in [5.41, 5.74) is 2.74. The first-order valence-corrected chi connectivity index (χ1v) is 5.68. The van der Waals surface area contributed by atoms with E-state index < -0.39 is 0 Å². The summed E-state index contributed by atoms with van der Waals surface area (Å²) in [6.45, 7) is 8.75. The molecule has 0 N–H and O–H groups in total. The van der Waals surface area contributed by atoms with Crippen LogP contribution < -0.4 is 0 Å². The molecular formula is C11H18N2S.